The number of imidazole rings is 1. The summed E-state index contributed by atoms with van der Waals surface area (Å²) in [5.41, 5.74) is 5.23. The van der Waals surface area contributed by atoms with E-state index in [4.69, 9.17) is 10.5 Å². The smallest absolute Gasteiger partial charge is 0.309 e. The summed E-state index contributed by atoms with van der Waals surface area (Å²) in [5, 5.41) is 35.8. The molecule has 3 aromatic rings. The van der Waals surface area contributed by atoms with Gasteiger partial charge in [0.1, 0.15) is 42.0 Å². The number of nitrogens with two attached hydrogens (primary N) is 1. The second-order valence-electron chi connectivity index (χ2n) is 20.2. The molecule has 0 radical (unpaired) electrons. The second kappa shape index (κ2) is 26.8. The van der Waals surface area contributed by atoms with E-state index in [2.05, 4.69) is 67.7 Å². The molecular formula is C45H68N7O19P3-4. The number of phosphoric ester groups is 3. The molecule has 7 atom stereocenters. The third-order valence-corrected chi connectivity index (χ3v) is 15.6. The number of nitrogens with zero attached hydrogens (tertiary/aromatic N) is 4. The number of ketones is 1. The van der Waals surface area contributed by atoms with E-state index >= 15 is 0 Å². The molecule has 1 aliphatic rings. The molecule has 0 bridgehead atoms. The summed E-state index contributed by atoms with van der Waals surface area (Å²) >= 11 is 0. The van der Waals surface area contributed by atoms with Crippen LogP contribution in [0.2, 0.25) is 0 Å². The third kappa shape index (κ3) is 19.5. The van der Waals surface area contributed by atoms with Crippen molar-refractivity contribution in [1.82, 2.24) is 30.2 Å². The number of aliphatic carboxylic acids is 1. The van der Waals surface area contributed by atoms with Crippen LogP contribution in [0.5, 0.6) is 0 Å². The normalized spacial score (nSPS) is 19.7. The highest BCUT2D eigenvalue weighted by atomic mass is 31.3. The minimum Gasteiger partial charge on any atom is -0.790 e. The molecule has 416 valence electrons. The first kappa shape index (κ1) is 62.4. The molecule has 1 fully saturated rings. The van der Waals surface area contributed by atoms with Gasteiger partial charge in [0.2, 0.25) is 11.8 Å². The predicted octanol–water partition coefficient (Wildman–Crippen LogP) is 1.88. The highest BCUT2D eigenvalue weighted by Gasteiger charge is 2.47. The molecule has 0 saturated carbocycles. The lowest BCUT2D eigenvalue weighted by molar-refractivity contribution is -0.347. The standard InChI is InChI=1S/C45H72N7O19P3/c1-43(2,21-12-10-14-30-17-15-29(16-18-30)13-9-7-8-11-22-44(3,4)42(58)59)32(53)19-23-47-33(54)20-24-48-40(57)37(56)45(5,6)26-68-74(65,66)71-73(63,64)67-25-31-36(70-72(60,61)62)35(55)41(69-31)52-28-51-34-38(46)49-27-50-39(34)52/h15-18,27-28,31,35-37,41,55-56H,7-14,19-26H2,1-6H3,(H,47,54)(H,48,57)(H,58,59)(H,63,64)(H,65,66)(H2,46,49,50)(H2,60,61,62)/p-4. The molecule has 0 aliphatic carbocycles. The molecule has 1 saturated heterocycles. The van der Waals surface area contributed by atoms with Gasteiger partial charge in [-0.2, -0.15) is 0 Å². The maximum absolute atomic E-state index is 13.0. The Balaban J connectivity index is 1.11. The van der Waals surface area contributed by atoms with Gasteiger partial charge in [-0.05, 0) is 63.5 Å². The van der Waals surface area contributed by atoms with Gasteiger partial charge in [0.25, 0.3) is 15.6 Å². The molecule has 2 aromatic heterocycles. The lowest BCUT2D eigenvalue weighted by atomic mass is 9.81. The van der Waals surface area contributed by atoms with Crippen molar-refractivity contribution < 1.29 is 90.4 Å². The number of rotatable bonds is 33. The summed E-state index contributed by atoms with van der Waals surface area (Å²) in [6.45, 7) is 7.16. The summed E-state index contributed by atoms with van der Waals surface area (Å²) in [6, 6.07) is 8.55. The number of hydrogen-bond donors (Lipinski definition) is 6. The number of benzene rings is 1. The fourth-order valence-corrected chi connectivity index (χ4v) is 10.6. The fourth-order valence-electron chi connectivity index (χ4n) is 7.84. The number of nitrogen functional groups attached to an aromatic ring is 1. The number of aliphatic hydroxyl groups excluding tert-OH is 2. The average molecular weight is 1100 g/mol. The molecule has 4 rings (SSSR count). The predicted molar refractivity (Wildman–Crippen MR) is 256 cm³/mol. The van der Waals surface area contributed by atoms with Gasteiger partial charge in [0, 0.05) is 36.8 Å². The molecule has 1 aromatic carbocycles. The maximum atomic E-state index is 13.0. The molecule has 26 nitrogen and oxygen atoms in total. The summed E-state index contributed by atoms with van der Waals surface area (Å²) in [6.07, 6.45) is 1.28. The minimum absolute atomic E-state index is 0.0237. The van der Waals surface area contributed by atoms with Gasteiger partial charge in [-0.15, -0.1) is 0 Å². The van der Waals surface area contributed by atoms with Crippen LogP contribution in [0.3, 0.4) is 0 Å². The first-order valence-electron chi connectivity index (χ1n) is 24.0. The Morgan fingerprint density at radius 3 is 2.00 bits per heavy atom. The number of carbonyl (C=O) groups is 4. The van der Waals surface area contributed by atoms with Crippen molar-refractivity contribution >= 4 is 64.0 Å². The minimum atomic E-state index is -5.94. The molecule has 3 heterocycles. The number of unbranched alkanes of at least 4 members (excludes halogenated alkanes) is 4. The van der Waals surface area contributed by atoms with Crippen LogP contribution < -0.4 is 35.9 Å². The van der Waals surface area contributed by atoms with E-state index in [0.29, 0.717) is 12.8 Å². The van der Waals surface area contributed by atoms with Crippen LogP contribution in [0, 0.1) is 16.2 Å². The Hall–Kier alpha value is -4.10. The Bertz CT molecular complexity index is 2520. The largest absolute Gasteiger partial charge is 0.790 e. The lowest BCUT2D eigenvalue weighted by Crippen LogP contribution is -2.46. The van der Waals surface area contributed by atoms with Gasteiger partial charge in [-0.25, -0.2) is 19.3 Å². The second-order valence-corrected chi connectivity index (χ2v) is 24.2. The molecular weight excluding hydrogens is 1040 g/mol. The highest BCUT2D eigenvalue weighted by molar-refractivity contribution is 7.59. The van der Waals surface area contributed by atoms with Crippen molar-refractivity contribution in [2.75, 3.05) is 32.0 Å². The van der Waals surface area contributed by atoms with Crippen LogP contribution in [0.25, 0.3) is 11.2 Å². The van der Waals surface area contributed by atoms with E-state index in [0.717, 1.165) is 68.6 Å². The summed E-state index contributed by atoms with van der Waals surface area (Å²) < 4.78 is 61.0. The monoisotopic (exact) mass is 1100 g/mol. The number of hydrogen-bond acceptors (Lipinski definition) is 22. The first-order valence-corrected chi connectivity index (χ1v) is 28.4. The summed E-state index contributed by atoms with van der Waals surface area (Å²) in [5.74, 6) is -2.40. The quantitative estimate of drug-likeness (QED) is 0.0374. The number of nitrogens with one attached hydrogen (secondary N) is 2. The molecule has 74 heavy (non-hydrogen) atoms. The van der Waals surface area contributed by atoms with E-state index in [1.807, 2.05) is 13.8 Å². The van der Waals surface area contributed by atoms with Crippen LogP contribution in [-0.2, 0) is 68.3 Å². The molecule has 2 amide bonds. The zero-order valence-corrected chi connectivity index (χ0v) is 44.9. The van der Waals surface area contributed by atoms with Crippen molar-refractivity contribution in [2.24, 2.45) is 16.2 Å². The fraction of sp³-hybridized carbons (Fsp3) is 0.667. The van der Waals surface area contributed by atoms with Crippen molar-refractivity contribution in [3.05, 3.63) is 48.0 Å². The maximum Gasteiger partial charge on any atom is 0.309 e. The number of carboxylic acids is 1. The van der Waals surface area contributed by atoms with Gasteiger partial charge >= 0.3 is 5.97 Å². The summed E-state index contributed by atoms with van der Waals surface area (Å²) in [4.78, 5) is 109. The number of Topliss-reactive ketones (excluding diaryl/α,β-unsaturated/α-hetero) is 1. The number of phosphoric acid groups is 3. The topological polar surface area (TPSA) is 412 Å². The molecule has 1 aliphatic heterocycles. The van der Waals surface area contributed by atoms with Gasteiger partial charge in [0.05, 0.1) is 32.8 Å². The lowest BCUT2D eigenvalue weighted by Gasteiger charge is -2.36. The molecule has 0 spiro atoms. The van der Waals surface area contributed by atoms with E-state index in [1.54, 1.807) is 13.8 Å². The number of aryl methyl sites for hydroxylation is 2. The number of carboxylic acid groups (broad SMARTS) is 1. The Labute approximate surface area is 429 Å². The number of aromatic nitrogens is 4. The number of anilines is 1. The van der Waals surface area contributed by atoms with Crippen molar-refractivity contribution in [3.63, 3.8) is 0 Å². The van der Waals surface area contributed by atoms with Crippen molar-refractivity contribution in [1.29, 1.82) is 0 Å². The number of ether oxygens (including phenoxy) is 1. The third-order valence-electron chi connectivity index (χ3n) is 12.6. The van der Waals surface area contributed by atoms with E-state index in [1.165, 1.54) is 25.0 Å². The van der Waals surface area contributed by atoms with Crippen LogP contribution in [0.15, 0.2) is 36.9 Å². The SMILES string of the molecule is CC(C)(CCCCCCc1ccc(CCCCC(C)(C)C(=O)CCNC(=O)CCNC(=O)C(O)C(C)(C)COP(=O)([O-])OP(=O)([O-])OCC2OC(n3cnc4c(N)ncnc43)C(O)C2OP(=O)([O-])[O-])cc1)C(=O)O. The van der Waals surface area contributed by atoms with E-state index < -0.39 is 101 Å². The van der Waals surface area contributed by atoms with Crippen LogP contribution >= 0.6 is 23.5 Å². The number of aliphatic hydroxyl groups is 2. The van der Waals surface area contributed by atoms with Crippen molar-refractivity contribution in [3.8, 4) is 0 Å². The van der Waals surface area contributed by atoms with Gasteiger partial charge in [-0.1, -0.05) is 77.6 Å². The number of fused-ring (bicyclic) bond motifs is 1. The van der Waals surface area contributed by atoms with Crippen molar-refractivity contribution in [2.45, 2.75) is 149 Å². The number of amides is 2. The number of carbonyl (C=O) groups excluding carboxylic acids is 3. The molecule has 7 N–H and O–H groups in total. The van der Waals surface area contributed by atoms with E-state index in [9.17, 15) is 67.8 Å². The Morgan fingerprint density at radius 1 is 0.811 bits per heavy atom. The Morgan fingerprint density at radius 2 is 1.38 bits per heavy atom. The van der Waals surface area contributed by atoms with Crippen LogP contribution in [0.4, 0.5) is 5.82 Å². The Kier molecular flexibility index (Phi) is 22.6. The highest BCUT2D eigenvalue weighted by Crippen LogP contribution is 2.56. The summed E-state index contributed by atoms with van der Waals surface area (Å²) in [7, 11) is -17.7. The van der Waals surface area contributed by atoms with Gasteiger partial charge in [0.15, 0.2) is 17.7 Å². The van der Waals surface area contributed by atoms with Crippen LogP contribution in [-0.4, -0.2) is 109 Å². The van der Waals surface area contributed by atoms with Gasteiger partial charge in [-0.3, -0.25) is 32.9 Å². The van der Waals surface area contributed by atoms with E-state index in [-0.39, 0.29) is 48.7 Å². The first-order chi connectivity index (χ1) is 34.3. The zero-order chi connectivity index (χ0) is 55.3. The average Bonchev–Trinajstić information content (AvgIpc) is 3.87. The molecule has 7 unspecified atom stereocenters. The van der Waals surface area contributed by atoms with Crippen LogP contribution in [0.1, 0.15) is 123 Å². The zero-order valence-electron chi connectivity index (χ0n) is 42.2. The van der Waals surface area contributed by atoms with Gasteiger partial charge < -0.3 is 74.1 Å². The molecule has 29 heteroatoms.